The van der Waals surface area contributed by atoms with Gasteiger partial charge in [0.2, 0.25) is 0 Å². The molecule has 1 aliphatic rings. The SMILES string of the molecule is Cc1cc(C(C)(C)C)cc(C)c1CSc1nc2ccc(N3C(=O)c4c(Br)c(Br)c(Br)c(Br)c4C3=O)cc2s1. The minimum Gasteiger partial charge on any atom is -0.268 e. The highest BCUT2D eigenvalue weighted by atomic mass is 79.9. The van der Waals surface area contributed by atoms with Crippen LogP contribution in [-0.4, -0.2) is 16.8 Å². The lowest BCUT2D eigenvalue weighted by molar-refractivity contribution is 0.0925. The first-order valence-corrected chi connectivity index (χ1v) is 16.7. The smallest absolute Gasteiger partial charge is 0.267 e. The summed E-state index contributed by atoms with van der Waals surface area (Å²) in [5.41, 5.74) is 7.44. The average molecular weight is 802 g/mol. The predicted octanol–water partition coefficient (Wildman–Crippen LogP) is 10.4. The Bertz CT molecular complexity index is 1600. The first kappa shape index (κ1) is 28.5. The van der Waals surface area contributed by atoms with Crippen molar-refractivity contribution in [2.45, 2.75) is 50.1 Å². The molecule has 3 aromatic carbocycles. The van der Waals surface area contributed by atoms with E-state index in [9.17, 15) is 9.59 Å². The number of thioether (sulfide) groups is 1. The molecule has 1 aromatic heterocycles. The van der Waals surface area contributed by atoms with E-state index in [1.54, 1.807) is 29.2 Å². The Labute approximate surface area is 263 Å². The zero-order chi connectivity index (χ0) is 27.7. The Morgan fingerprint density at radius 2 is 1.42 bits per heavy atom. The van der Waals surface area contributed by atoms with E-state index in [2.05, 4.69) is 110 Å². The number of benzene rings is 3. The molecule has 4 nitrogen and oxygen atoms in total. The molecule has 0 aliphatic carbocycles. The van der Waals surface area contributed by atoms with E-state index in [4.69, 9.17) is 4.98 Å². The molecule has 2 amide bonds. The summed E-state index contributed by atoms with van der Waals surface area (Å²) in [7, 11) is 0. The van der Waals surface area contributed by atoms with Gasteiger partial charge in [-0.25, -0.2) is 9.88 Å². The van der Waals surface area contributed by atoms with Gasteiger partial charge in [0.1, 0.15) is 0 Å². The quantitative estimate of drug-likeness (QED) is 0.0893. The lowest BCUT2D eigenvalue weighted by Gasteiger charge is -2.22. The summed E-state index contributed by atoms with van der Waals surface area (Å²) in [4.78, 5) is 32.8. The first-order chi connectivity index (χ1) is 17.8. The van der Waals surface area contributed by atoms with Gasteiger partial charge >= 0.3 is 0 Å². The van der Waals surface area contributed by atoms with Crippen LogP contribution in [0.2, 0.25) is 0 Å². The molecule has 0 bridgehead atoms. The molecule has 4 aromatic rings. The van der Waals surface area contributed by atoms with E-state index >= 15 is 0 Å². The second-order valence-corrected chi connectivity index (χ2v) is 15.6. The van der Waals surface area contributed by atoms with Crippen molar-refractivity contribution in [3.63, 3.8) is 0 Å². The Morgan fingerprint density at radius 1 is 0.868 bits per heavy atom. The van der Waals surface area contributed by atoms with E-state index in [1.807, 2.05) is 12.1 Å². The predicted molar refractivity (Wildman–Crippen MR) is 172 cm³/mol. The maximum absolute atomic E-state index is 13.4. The number of thiazole rings is 1. The number of aromatic nitrogens is 1. The number of halogens is 4. The van der Waals surface area contributed by atoms with E-state index in [0.29, 0.717) is 34.7 Å². The van der Waals surface area contributed by atoms with Crippen LogP contribution in [0.5, 0.6) is 0 Å². The standard InChI is InChI=1S/C28H22Br4N2O2S2/c1-12-8-14(28(3,4)5)9-13(2)16(12)11-37-27-33-17-7-6-15(10-18(17)38-27)34-25(35)19-20(26(34)36)22(30)24(32)23(31)21(19)29/h6-10H,11H2,1-5H3. The van der Waals surface area contributed by atoms with Crippen LogP contribution in [0.15, 0.2) is 52.6 Å². The number of hydrogen-bond acceptors (Lipinski definition) is 5. The van der Waals surface area contributed by atoms with Crippen molar-refractivity contribution < 1.29 is 9.59 Å². The number of imide groups is 1. The van der Waals surface area contributed by atoms with E-state index in [1.165, 1.54) is 27.2 Å². The van der Waals surface area contributed by atoms with Crippen LogP contribution < -0.4 is 4.90 Å². The van der Waals surface area contributed by atoms with Crippen LogP contribution in [0.4, 0.5) is 5.69 Å². The molecule has 0 N–H and O–H groups in total. The van der Waals surface area contributed by atoms with Gasteiger partial charge in [0.25, 0.3) is 11.8 Å². The molecule has 0 saturated carbocycles. The van der Waals surface area contributed by atoms with Gasteiger partial charge < -0.3 is 0 Å². The minimum absolute atomic E-state index is 0.116. The highest BCUT2D eigenvalue weighted by Gasteiger charge is 2.42. The number of rotatable bonds is 4. The van der Waals surface area contributed by atoms with Gasteiger partial charge in [-0.2, -0.15) is 0 Å². The van der Waals surface area contributed by atoms with E-state index in [-0.39, 0.29) is 17.2 Å². The van der Waals surface area contributed by atoms with Crippen LogP contribution in [-0.2, 0) is 11.2 Å². The Kier molecular flexibility index (Phi) is 7.81. The lowest BCUT2D eigenvalue weighted by Crippen LogP contribution is -2.29. The lowest BCUT2D eigenvalue weighted by atomic mass is 9.84. The van der Waals surface area contributed by atoms with E-state index < -0.39 is 0 Å². The molecule has 0 spiro atoms. The fourth-order valence-electron chi connectivity index (χ4n) is 4.46. The Morgan fingerprint density at radius 3 is 1.95 bits per heavy atom. The molecule has 196 valence electrons. The topological polar surface area (TPSA) is 50.3 Å². The van der Waals surface area contributed by atoms with Crippen molar-refractivity contribution in [3.05, 3.63) is 81.6 Å². The average Bonchev–Trinajstić information content (AvgIpc) is 3.37. The van der Waals surface area contributed by atoms with E-state index in [0.717, 1.165) is 20.3 Å². The maximum atomic E-state index is 13.4. The highest BCUT2D eigenvalue weighted by molar-refractivity contribution is 9.15. The van der Waals surface area contributed by atoms with Gasteiger partial charge in [0, 0.05) is 23.6 Å². The molecule has 5 rings (SSSR count). The molecule has 0 unspecified atom stereocenters. The van der Waals surface area contributed by atoms with Crippen LogP contribution >= 0.6 is 86.8 Å². The zero-order valence-corrected chi connectivity index (χ0v) is 29.1. The molecule has 2 heterocycles. The highest BCUT2D eigenvalue weighted by Crippen LogP contribution is 2.46. The van der Waals surface area contributed by atoms with Gasteiger partial charge in [-0.15, -0.1) is 11.3 Å². The van der Waals surface area contributed by atoms with Crippen molar-refractivity contribution in [1.29, 1.82) is 0 Å². The van der Waals surface area contributed by atoms with Gasteiger partial charge in [0.15, 0.2) is 4.34 Å². The summed E-state index contributed by atoms with van der Waals surface area (Å²) in [6, 6.07) is 10.1. The van der Waals surface area contributed by atoms with Crippen molar-refractivity contribution in [1.82, 2.24) is 4.98 Å². The molecule has 38 heavy (non-hydrogen) atoms. The zero-order valence-electron chi connectivity index (χ0n) is 21.1. The monoisotopic (exact) mass is 798 g/mol. The largest absolute Gasteiger partial charge is 0.268 e. The third-order valence-corrected chi connectivity index (χ3v) is 13.6. The third-order valence-electron chi connectivity index (χ3n) is 6.61. The molecular weight excluding hydrogens is 780 g/mol. The van der Waals surface area contributed by atoms with Crippen LogP contribution in [0.1, 0.15) is 63.7 Å². The van der Waals surface area contributed by atoms with Gasteiger partial charge in [-0.1, -0.05) is 44.7 Å². The Hall–Kier alpha value is -1.04. The summed E-state index contributed by atoms with van der Waals surface area (Å²) >= 11 is 17.2. The van der Waals surface area contributed by atoms with Crippen LogP contribution in [0.25, 0.3) is 10.2 Å². The van der Waals surface area contributed by atoms with Crippen molar-refractivity contribution >= 4 is 115 Å². The third kappa shape index (κ3) is 4.87. The molecule has 1 aliphatic heterocycles. The van der Waals surface area contributed by atoms with Gasteiger partial charge in [-0.3, -0.25) is 9.59 Å². The van der Waals surface area contributed by atoms with Gasteiger partial charge in [-0.05, 0) is 123 Å². The number of carbonyl (C=O) groups is 2. The summed E-state index contributed by atoms with van der Waals surface area (Å²) in [5.74, 6) is 0.0988. The fourth-order valence-corrected chi connectivity index (χ4v) is 9.22. The summed E-state index contributed by atoms with van der Waals surface area (Å²) < 4.78 is 4.31. The van der Waals surface area contributed by atoms with Crippen molar-refractivity contribution in [3.8, 4) is 0 Å². The molecule has 0 fully saturated rings. The second kappa shape index (κ2) is 10.4. The Balaban J connectivity index is 1.43. The summed E-state index contributed by atoms with van der Waals surface area (Å²) in [6.45, 7) is 11.1. The number of amides is 2. The fraction of sp³-hybridized carbons (Fsp3) is 0.250. The number of aryl methyl sites for hydroxylation is 2. The first-order valence-electron chi connectivity index (χ1n) is 11.7. The number of nitrogens with zero attached hydrogens (tertiary/aromatic N) is 2. The number of carbonyl (C=O) groups excluding carboxylic acids is 2. The molecule has 0 atom stereocenters. The molecule has 0 saturated heterocycles. The maximum Gasteiger partial charge on any atom is 0.267 e. The summed E-state index contributed by atoms with van der Waals surface area (Å²) in [5, 5.41) is 0. The van der Waals surface area contributed by atoms with Gasteiger partial charge in [0.05, 0.1) is 27.0 Å². The minimum atomic E-state index is -0.367. The molecule has 0 radical (unpaired) electrons. The normalized spacial score (nSPS) is 13.7. The second-order valence-electron chi connectivity index (χ2n) is 10.2. The van der Waals surface area contributed by atoms with Crippen molar-refractivity contribution in [2.24, 2.45) is 0 Å². The number of fused-ring (bicyclic) bond motifs is 2. The van der Waals surface area contributed by atoms with Crippen LogP contribution in [0.3, 0.4) is 0 Å². The molecular formula is C28H22Br4N2O2S2. The molecule has 10 heteroatoms. The van der Waals surface area contributed by atoms with Crippen LogP contribution in [0, 0.1) is 13.8 Å². The number of anilines is 1. The summed E-state index contributed by atoms with van der Waals surface area (Å²) in [6.07, 6.45) is 0. The van der Waals surface area contributed by atoms with Crippen molar-refractivity contribution in [2.75, 3.05) is 4.90 Å². The number of hydrogen-bond donors (Lipinski definition) is 0.